The summed E-state index contributed by atoms with van der Waals surface area (Å²) in [7, 11) is 0. The first-order valence-corrected chi connectivity index (χ1v) is 5.27. The normalized spacial score (nSPS) is 14.9. The molecule has 0 saturated carbocycles. The minimum absolute atomic E-state index is 0.0134. The predicted molar refractivity (Wildman–Crippen MR) is 58.2 cm³/mol. The fourth-order valence-electron chi connectivity index (χ4n) is 1.79. The summed E-state index contributed by atoms with van der Waals surface area (Å²) in [6, 6.07) is 3.42. The lowest BCUT2D eigenvalue weighted by Crippen LogP contribution is -2.04. The van der Waals surface area contributed by atoms with E-state index in [0.29, 0.717) is 22.1 Å². The van der Waals surface area contributed by atoms with Crippen molar-refractivity contribution in [2.75, 3.05) is 6.79 Å². The Bertz CT molecular complexity index is 430. The average molecular weight is 243 g/mol. The third-order valence-corrected chi connectivity index (χ3v) is 2.83. The molecule has 0 fully saturated rings. The van der Waals surface area contributed by atoms with Crippen LogP contribution in [-0.2, 0) is 4.79 Å². The van der Waals surface area contributed by atoms with Gasteiger partial charge in [-0.25, -0.2) is 0 Å². The largest absolute Gasteiger partial charge is 0.481 e. The number of carboxylic acid groups (broad SMARTS) is 1. The fraction of sp³-hybridized carbons (Fsp3) is 0.364. The van der Waals surface area contributed by atoms with Gasteiger partial charge >= 0.3 is 5.97 Å². The SMILES string of the molecule is CC(CC(=O)O)c1c(Cl)ccc2c1OCO2. The van der Waals surface area contributed by atoms with E-state index >= 15 is 0 Å². The molecule has 1 unspecified atom stereocenters. The summed E-state index contributed by atoms with van der Waals surface area (Å²) in [5.74, 6) is 0.125. The van der Waals surface area contributed by atoms with Crippen molar-refractivity contribution >= 4 is 17.6 Å². The predicted octanol–water partition coefficient (Wildman–Crippen LogP) is 2.65. The molecule has 5 heteroatoms. The van der Waals surface area contributed by atoms with Crippen LogP contribution in [0.3, 0.4) is 0 Å². The maximum atomic E-state index is 10.7. The van der Waals surface area contributed by atoms with Gasteiger partial charge in [-0.15, -0.1) is 0 Å². The topological polar surface area (TPSA) is 55.8 Å². The third kappa shape index (κ3) is 1.93. The number of aliphatic carboxylic acids is 1. The lowest BCUT2D eigenvalue weighted by atomic mass is 9.96. The number of fused-ring (bicyclic) bond motifs is 1. The van der Waals surface area contributed by atoms with Crippen molar-refractivity contribution in [3.05, 3.63) is 22.7 Å². The highest BCUT2D eigenvalue weighted by Crippen LogP contribution is 2.43. The summed E-state index contributed by atoms with van der Waals surface area (Å²) >= 11 is 6.06. The second-order valence-corrected chi connectivity index (χ2v) is 4.10. The first kappa shape index (κ1) is 11.1. The number of rotatable bonds is 3. The molecule has 16 heavy (non-hydrogen) atoms. The van der Waals surface area contributed by atoms with E-state index in [0.717, 1.165) is 0 Å². The third-order valence-electron chi connectivity index (χ3n) is 2.50. The molecular formula is C11H11ClO4. The molecule has 4 nitrogen and oxygen atoms in total. The molecule has 1 aliphatic rings. The number of benzene rings is 1. The van der Waals surface area contributed by atoms with E-state index in [1.54, 1.807) is 19.1 Å². The summed E-state index contributed by atoms with van der Waals surface area (Å²) in [5, 5.41) is 9.28. The number of carboxylic acids is 1. The molecule has 0 spiro atoms. The van der Waals surface area contributed by atoms with E-state index in [4.69, 9.17) is 26.2 Å². The zero-order chi connectivity index (χ0) is 11.7. The van der Waals surface area contributed by atoms with E-state index in [1.807, 2.05) is 0 Å². The molecule has 0 saturated heterocycles. The molecule has 1 N–H and O–H groups in total. The molecule has 2 rings (SSSR count). The smallest absolute Gasteiger partial charge is 0.303 e. The quantitative estimate of drug-likeness (QED) is 0.885. The van der Waals surface area contributed by atoms with Gasteiger partial charge in [-0.2, -0.15) is 0 Å². The van der Waals surface area contributed by atoms with E-state index in [1.165, 1.54) is 0 Å². The van der Waals surface area contributed by atoms with Gasteiger partial charge in [-0.1, -0.05) is 18.5 Å². The van der Waals surface area contributed by atoms with Crippen molar-refractivity contribution in [2.45, 2.75) is 19.3 Å². The van der Waals surface area contributed by atoms with E-state index in [2.05, 4.69) is 0 Å². The fourth-order valence-corrected chi connectivity index (χ4v) is 2.13. The van der Waals surface area contributed by atoms with E-state index in [9.17, 15) is 4.79 Å². The lowest BCUT2D eigenvalue weighted by Gasteiger charge is -2.13. The van der Waals surface area contributed by atoms with Gasteiger partial charge in [-0.05, 0) is 18.1 Å². The van der Waals surface area contributed by atoms with Gasteiger partial charge in [0.1, 0.15) is 0 Å². The van der Waals surface area contributed by atoms with Gasteiger partial charge < -0.3 is 14.6 Å². The summed E-state index contributed by atoms with van der Waals surface area (Å²) in [5.41, 5.74) is 0.707. The minimum Gasteiger partial charge on any atom is -0.481 e. The second kappa shape index (κ2) is 4.22. The van der Waals surface area contributed by atoms with E-state index < -0.39 is 5.97 Å². The van der Waals surface area contributed by atoms with Crippen LogP contribution in [0, 0.1) is 0 Å². The lowest BCUT2D eigenvalue weighted by molar-refractivity contribution is -0.137. The molecule has 0 aliphatic carbocycles. The van der Waals surface area contributed by atoms with Crippen LogP contribution in [0.15, 0.2) is 12.1 Å². The Labute approximate surface area is 97.7 Å². The molecule has 0 amide bonds. The van der Waals surface area contributed by atoms with Crippen LogP contribution < -0.4 is 9.47 Å². The monoisotopic (exact) mass is 242 g/mol. The minimum atomic E-state index is -0.861. The highest BCUT2D eigenvalue weighted by molar-refractivity contribution is 6.31. The van der Waals surface area contributed by atoms with Crippen molar-refractivity contribution in [3.8, 4) is 11.5 Å². The summed E-state index contributed by atoms with van der Waals surface area (Å²) in [4.78, 5) is 10.7. The standard InChI is InChI=1S/C11H11ClO4/c1-6(4-9(13)14)10-7(12)2-3-8-11(10)16-5-15-8/h2-3,6H,4-5H2,1H3,(H,13,14). The van der Waals surface area contributed by atoms with Crippen LogP contribution in [0.4, 0.5) is 0 Å². The maximum Gasteiger partial charge on any atom is 0.303 e. The molecule has 0 radical (unpaired) electrons. The number of carbonyl (C=O) groups is 1. The van der Waals surface area contributed by atoms with Gasteiger partial charge in [0, 0.05) is 10.6 Å². The average Bonchev–Trinajstić information content (AvgIpc) is 2.63. The first-order chi connectivity index (χ1) is 7.59. The van der Waals surface area contributed by atoms with Gasteiger partial charge in [0.2, 0.25) is 6.79 Å². The Morgan fingerprint density at radius 3 is 3.00 bits per heavy atom. The maximum absolute atomic E-state index is 10.7. The van der Waals surface area contributed by atoms with Crippen LogP contribution in [0.1, 0.15) is 24.8 Å². The van der Waals surface area contributed by atoms with Crippen molar-refractivity contribution < 1.29 is 19.4 Å². The van der Waals surface area contributed by atoms with E-state index in [-0.39, 0.29) is 19.1 Å². The van der Waals surface area contributed by atoms with Gasteiger partial charge in [0.15, 0.2) is 11.5 Å². The molecule has 1 heterocycles. The van der Waals surface area contributed by atoms with Gasteiger partial charge in [-0.3, -0.25) is 4.79 Å². The summed E-state index contributed by atoms with van der Waals surface area (Å²) < 4.78 is 10.5. The zero-order valence-corrected chi connectivity index (χ0v) is 9.45. The van der Waals surface area contributed by atoms with Crippen molar-refractivity contribution in [2.24, 2.45) is 0 Å². The van der Waals surface area contributed by atoms with Crippen LogP contribution in [0.25, 0.3) is 0 Å². The van der Waals surface area contributed by atoms with Gasteiger partial charge in [0.05, 0.1) is 6.42 Å². The van der Waals surface area contributed by atoms with Crippen LogP contribution in [0.2, 0.25) is 5.02 Å². The molecular weight excluding hydrogens is 232 g/mol. The highest BCUT2D eigenvalue weighted by Gasteiger charge is 2.25. The molecule has 86 valence electrons. The van der Waals surface area contributed by atoms with Crippen LogP contribution in [0.5, 0.6) is 11.5 Å². The Morgan fingerprint density at radius 1 is 1.56 bits per heavy atom. The van der Waals surface area contributed by atoms with Crippen LogP contribution >= 0.6 is 11.6 Å². The molecule has 0 aromatic heterocycles. The number of hydrogen-bond acceptors (Lipinski definition) is 3. The molecule has 1 aromatic carbocycles. The Kier molecular flexibility index (Phi) is 2.92. The van der Waals surface area contributed by atoms with Crippen molar-refractivity contribution in [3.63, 3.8) is 0 Å². The molecule has 1 aromatic rings. The number of hydrogen-bond donors (Lipinski definition) is 1. The molecule has 0 bridgehead atoms. The van der Waals surface area contributed by atoms with Gasteiger partial charge in [0.25, 0.3) is 0 Å². The van der Waals surface area contributed by atoms with Crippen molar-refractivity contribution in [1.29, 1.82) is 0 Å². The Morgan fingerprint density at radius 2 is 2.31 bits per heavy atom. The number of halogens is 1. The number of ether oxygens (including phenoxy) is 2. The summed E-state index contributed by atoms with van der Waals surface area (Å²) in [6.45, 7) is 1.96. The van der Waals surface area contributed by atoms with Crippen LogP contribution in [-0.4, -0.2) is 17.9 Å². The molecule has 1 atom stereocenters. The molecule has 1 aliphatic heterocycles. The highest BCUT2D eigenvalue weighted by atomic mass is 35.5. The first-order valence-electron chi connectivity index (χ1n) is 4.89. The second-order valence-electron chi connectivity index (χ2n) is 3.69. The summed E-state index contributed by atoms with van der Waals surface area (Å²) in [6.07, 6.45) is 0.0134. The Balaban J connectivity index is 2.39. The zero-order valence-electron chi connectivity index (χ0n) is 8.70. The van der Waals surface area contributed by atoms with Crippen molar-refractivity contribution in [1.82, 2.24) is 0 Å². The Hall–Kier alpha value is -1.42.